The average molecular weight is 523 g/mol. The summed E-state index contributed by atoms with van der Waals surface area (Å²) in [6.45, 7) is 5.06. The molecule has 0 aromatic heterocycles. The third-order valence-corrected chi connectivity index (χ3v) is 7.34. The highest BCUT2D eigenvalue weighted by Crippen LogP contribution is 2.57. The molecule has 0 aliphatic carbocycles. The Hall–Kier alpha value is -2.68. The van der Waals surface area contributed by atoms with Gasteiger partial charge < -0.3 is 15.2 Å². The van der Waals surface area contributed by atoms with E-state index in [4.69, 9.17) is 27.9 Å². The molecule has 2 aromatic carbocycles. The van der Waals surface area contributed by atoms with Gasteiger partial charge in [-0.05, 0) is 35.7 Å². The summed E-state index contributed by atoms with van der Waals surface area (Å²) in [6, 6.07) is 7.17. The van der Waals surface area contributed by atoms with E-state index >= 15 is 4.39 Å². The second-order valence-electron chi connectivity index (χ2n) is 9.82. The van der Waals surface area contributed by atoms with Gasteiger partial charge in [-0.2, -0.15) is 0 Å². The Balaban J connectivity index is 1.95. The van der Waals surface area contributed by atoms with E-state index in [1.165, 1.54) is 25.1 Å². The molecule has 4 rings (SSSR count). The van der Waals surface area contributed by atoms with Gasteiger partial charge in [0.1, 0.15) is 17.3 Å². The molecule has 0 radical (unpaired) electrons. The van der Waals surface area contributed by atoms with Crippen molar-refractivity contribution in [3.8, 4) is 0 Å². The number of aliphatic carboxylic acids is 1. The number of hydrogen-bond donors (Lipinski definition) is 3. The number of carboxylic acid groups (broad SMARTS) is 1. The Morgan fingerprint density at radius 2 is 1.94 bits per heavy atom. The molecule has 7 nitrogen and oxygen atoms in total. The summed E-state index contributed by atoms with van der Waals surface area (Å²) in [7, 11) is 0. The molecule has 3 N–H and O–H groups in total. The number of fused-ring (bicyclic) bond motifs is 2. The van der Waals surface area contributed by atoms with E-state index in [1.807, 2.05) is 13.8 Å². The molecule has 1 spiro atoms. The van der Waals surface area contributed by atoms with Crippen molar-refractivity contribution in [1.29, 1.82) is 0 Å². The van der Waals surface area contributed by atoms with Crippen LogP contribution in [-0.4, -0.2) is 41.6 Å². The van der Waals surface area contributed by atoms with Gasteiger partial charge in [0.15, 0.2) is 0 Å². The van der Waals surface area contributed by atoms with Crippen molar-refractivity contribution in [3.05, 3.63) is 63.4 Å². The normalized spacial score (nSPS) is 25.4. The number of benzene rings is 2. The molecule has 1 fully saturated rings. The Morgan fingerprint density at radius 3 is 2.60 bits per heavy atom. The molecule has 0 bridgehead atoms. The first-order chi connectivity index (χ1) is 16.4. The second-order valence-corrected chi connectivity index (χ2v) is 10.7. The van der Waals surface area contributed by atoms with Crippen molar-refractivity contribution in [2.75, 3.05) is 11.9 Å². The smallest absolute Gasteiger partial charge is 0.321 e. The van der Waals surface area contributed by atoms with Crippen LogP contribution in [-0.2, 0) is 24.5 Å². The van der Waals surface area contributed by atoms with Crippen LogP contribution in [0.4, 0.5) is 10.1 Å². The van der Waals surface area contributed by atoms with E-state index in [9.17, 15) is 19.5 Å². The maximum absolute atomic E-state index is 15.4. The van der Waals surface area contributed by atoms with Gasteiger partial charge in [-0.1, -0.05) is 55.2 Å². The Labute approximate surface area is 211 Å². The molecular weight excluding hydrogens is 498 g/mol. The molecule has 2 aromatic rings. The van der Waals surface area contributed by atoms with E-state index in [0.717, 1.165) is 0 Å². The molecule has 2 aliphatic heterocycles. The highest BCUT2D eigenvalue weighted by atomic mass is 35.5. The van der Waals surface area contributed by atoms with Crippen LogP contribution < -0.4 is 10.6 Å². The first-order valence-corrected chi connectivity index (χ1v) is 11.8. The quantitative estimate of drug-likeness (QED) is 0.482. The van der Waals surface area contributed by atoms with Crippen molar-refractivity contribution < 1.29 is 28.6 Å². The Bertz CT molecular complexity index is 1220. The summed E-state index contributed by atoms with van der Waals surface area (Å²) < 4.78 is 20.6. The molecule has 186 valence electrons. The highest BCUT2D eigenvalue weighted by Gasteiger charge is 2.66. The van der Waals surface area contributed by atoms with E-state index in [2.05, 4.69) is 10.6 Å². The zero-order chi connectivity index (χ0) is 25.7. The third kappa shape index (κ3) is 4.28. The van der Waals surface area contributed by atoms with Crippen LogP contribution in [0, 0.1) is 11.2 Å². The monoisotopic (exact) mass is 522 g/mol. The van der Waals surface area contributed by atoms with E-state index in [1.54, 1.807) is 18.2 Å². The van der Waals surface area contributed by atoms with Crippen molar-refractivity contribution in [1.82, 2.24) is 5.32 Å². The minimum Gasteiger partial charge on any atom is -0.480 e. The third-order valence-electron chi connectivity index (χ3n) is 6.81. The summed E-state index contributed by atoms with van der Waals surface area (Å²) in [5.41, 5.74) is -1.17. The van der Waals surface area contributed by atoms with E-state index in [0.29, 0.717) is 16.3 Å². The van der Waals surface area contributed by atoms with Crippen molar-refractivity contribution in [2.45, 2.75) is 50.6 Å². The zero-order valence-corrected chi connectivity index (χ0v) is 20.8. The summed E-state index contributed by atoms with van der Waals surface area (Å²) in [5.74, 6) is -4.06. The van der Waals surface area contributed by atoms with Crippen molar-refractivity contribution in [3.63, 3.8) is 0 Å². The lowest BCUT2D eigenvalue weighted by Gasteiger charge is -2.38. The summed E-state index contributed by atoms with van der Waals surface area (Å²) in [5, 5.41) is 16.3. The van der Waals surface area contributed by atoms with Gasteiger partial charge in [0, 0.05) is 35.0 Å². The lowest BCUT2D eigenvalue weighted by Crippen LogP contribution is -2.50. The molecule has 1 amide bonds. The van der Waals surface area contributed by atoms with E-state index in [-0.39, 0.29) is 23.6 Å². The van der Waals surface area contributed by atoms with Crippen LogP contribution in [0.3, 0.4) is 0 Å². The number of esters is 1. The molecule has 10 heteroatoms. The number of halogens is 3. The first-order valence-electron chi connectivity index (χ1n) is 11.1. The maximum atomic E-state index is 15.4. The lowest BCUT2D eigenvalue weighted by atomic mass is 9.62. The summed E-state index contributed by atoms with van der Waals surface area (Å²) >= 11 is 12.2. The number of ether oxygens (including phenoxy) is 1. The predicted octanol–water partition coefficient (Wildman–Crippen LogP) is 4.51. The minimum absolute atomic E-state index is 0.0237. The van der Waals surface area contributed by atoms with E-state index < -0.39 is 52.5 Å². The van der Waals surface area contributed by atoms with Crippen LogP contribution in [0.25, 0.3) is 0 Å². The SMILES string of the molecule is CC(=O)OCC(C)(C)C[C@@H]1N[C@@H](C(=O)O)[C@H](c2cccc(Cl)c2F)[C@]12C(=O)Nc1cc(Cl)ccc12. The van der Waals surface area contributed by atoms with Crippen LogP contribution in [0.5, 0.6) is 0 Å². The number of nitrogens with one attached hydrogen (secondary N) is 2. The van der Waals surface area contributed by atoms with Gasteiger partial charge in [-0.15, -0.1) is 0 Å². The molecule has 0 unspecified atom stereocenters. The van der Waals surface area contributed by atoms with Gasteiger partial charge in [0.05, 0.1) is 11.6 Å². The molecule has 4 atom stereocenters. The van der Waals surface area contributed by atoms with Gasteiger partial charge in [-0.3, -0.25) is 19.7 Å². The molecular formula is C25H25Cl2FN2O5. The van der Waals surface area contributed by atoms with Crippen LogP contribution in [0.1, 0.15) is 44.2 Å². The van der Waals surface area contributed by atoms with Gasteiger partial charge in [0.25, 0.3) is 0 Å². The highest BCUT2D eigenvalue weighted by molar-refractivity contribution is 6.31. The zero-order valence-electron chi connectivity index (χ0n) is 19.3. The largest absolute Gasteiger partial charge is 0.480 e. The Kier molecular flexibility index (Phi) is 6.59. The standard InChI is InChI=1S/C25H25Cl2FN2O5/c1-12(31)35-11-24(2,3)10-18-25(15-8-7-13(26)9-17(15)29-23(25)34)19(21(30-18)22(32)33)14-5-4-6-16(27)20(14)28/h4-9,18-19,21,30H,10-11H2,1-3H3,(H,29,34)(H,32,33)/t18-,19-,21+,25+/m0/s1. The maximum Gasteiger partial charge on any atom is 0.321 e. The first kappa shape index (κ1) is 25.4. The molecule has 0 saturated carbocycles. The van der Waals surface area contributed by atoms with Gasteiger partial charge >= 0.3 is 11.9 Å². The average Bonchev–Trinajstić information content (AvgIpc) is 3.24. The minimum atomic E-state index is -1.50. The van der Waals surface area contributed by atoms with Gasteiger partial charge in [-0.25, -0.2) is 4.39 Å². The number of amides is 1. The number of rotatable bonds is 6. The Morgan fingerprint density at radius 1 is 1.23 bits per heavy atom. The molecule has 2 heterocycles. The van der Waals surface area contributed by atoms with Crippen molar-refractivity contribution in [2.24, 2.45) is 5.41 Å². The summed E-state index contributed by atoms with van der Waals surface area (Å²) in [4.78, 5) is 37.8. The second kappa shape index (κ2) is 9.08. The number of anilines is 1. The molecule has 2 aliphatic rings. The number of carbonyl (C=O) groups excluding carboxylic acids is 2. The fourth-order valence-corrected chi connectivity index (χ4v) is 5.79. The topological polar surface area (TPSA) is 105 Å². The molecule has 35 heavy (non-hydrogen) atoms. The van der Waals surface area contributed by atoms with Crippen LogP contribution >= 0.6 is 23.2 Å². The van der Waals surface area contributed by atoms with Crippen LogP contribution in [0.15, 0.2) is 36.4 Å². The number of carboxylic acids is 1. The lowest BCUT2D eigenvalue weighted by molar-refractivity contribution is -0.144. The fourth-order valence-electron chi connectivity index (χ4n) is 5.44. The van der Waals surface area contributed by atoms with Crippen molar-refractivity contribution >= 4 is 46.7 Å². The number of carbonyl (C=O) groups is 3. The fraction of sp³-hybridized carbons (Fsp3) is 0.400. The molecule has 1 saturated heterocycles. The van der Waals surface area contributed by atoms with Crippen LogP contribution in [0.2, 0.25) is 10.0 Å². The predicted molar refractivity (Wildman–Crippen MR) is 129 cm³/mol. The van der Waals surface area contributed by atoms with Gasteiger partial charge in [0.2, 0.25) is 5.91 Å². The summed E-state index contributed by atoms with van der Waals surface area (Å²) in [6.07, 6.45) is 0.248. The number of hydrogen-bond acceptors (Lipinski definition) is 5.